The minimum Gasteiger partial charge on any atom is -0.370 e. The van der Waals surface area contributed by atoms with Gasteiger partial charge in [0.05, 0.1) is 5.69 Å². The van der Waals surface area contributed by atoms with Crippen molar-refractivity contribution < 1.29 is 0 Å². The fourth-order valence-corrected chi connectivity index (χ4v) is 2.07. The summed E-state index contributed by atoms with van der Waals surface area (Å²) in [5, 5.41) is 3.26. The highest BCUT2D eigenvalue weighted by Gasteiger charge is 2.14. The summed E-state index contributed by atoms with van der Waals surface area (Å²) >= 11 is 0. The molecule has 1 fully saturated rings. The molecule has 1 heterocycles. The van der Waals surface area contributed by atoms with E-state index in [4.69, 9.17) is 5.73 Å². The summed E-state index contributed by atoms with van der Waals surface area (Å²) in [7, 11) is 0. The molecule has 0 radical (unpaired) electrons. The molecule has 1 aromatic rings. The summed E-state index contributed by atoms with van der Waals surface area (Å²) in [5.74, 6) is 0.556. The molecule has 2 rings (SSSR count). The van der Waals surface area contributed by atoms with Crippen molar-refractivity contribution in [3.63, 3.8) is 0 Å². The Balaban J connectivity index is 0.00000162. The van der Waals surface area contributed by atoms with Crippen LogP contribution in [0, 0.1) is 0 Å². The summed E-state index contributed by atoms with van der Waals surface area (Å²) in [6.45, 7) is 0.657. The van der Waals surface area contributed by atoms with Crippen LogP contribution in [0.5, 0.6) is 0 Å². The van der Waals surface area contributed by atoms with Crippen molar-refractivity contribution in [1.82, 2.24) is 15.3 Å². The van der Waals surface area contributed by atoms with Gasteiger partial charge in [0.2, 0.25) is 0 Å². The van der Waals surface area contributed by atoms with Crippen LogP contribution in [-0.4, -0.2) is 28.5 Å². The van der Waals surface area contributed by atoms with Gasteiger partial charge < -0.3 is 11.1 Å². The summed E-state index contributed by atoms with van der Waals surface area (Å²) in [5.41, 5.74) is 6.77. The van der Waals surface area contributed by atoms with Gasteiger partial charge in [-0.3, -0.25) is 15.0 Å². The lowest BCUT2D eigenvalue weighted by Gasteiger charge is -2.11. The minimum atomic E-state index is 0. The van der Waals surface area contributed by atoms with Gasteiger partial charge in [-0.05, 0) is 12.8 Å². The molecule has 0 unspecified atom stereocenters. The summed E-state index contributed by atoms with van der Waals surface area (Å²) < 4.78 is 0. The van der Waals surface area contributed by atoms with E-state index in [9.17, 15) is 0 Å². The summed E-state index contributed by atoms with van der Waals surface area (Å²) in [6, 6.07) is 0.523. The third-order valence-corrected chi connectivity index (χ3v) is 2.97. The average molecular weight is 361 g/mol. The molecule has 1 aliphatic carbocycles. The van der Waals surface area contributed by atoms with Crippen LogP contribution in [0.15, 0.2) is 23.6 Å². The fourth-order valence-electron chi connectivity index (χ4n) is 2.07. The van der Waals surface area contributed by atoms with Crippen LogP contribution in [0.25, 0.3) is 0 Å². The van der Waals surface area contributed by atoms with Crippen LogP contribution >= 0.6 is 24.0 Å². The first-order valence-corrected chi connectivity index (χ1v) is 6.16. The third kappa shape index (κ3) is 5.16. The number of rotatable bonds is 4. The Hall–Kier alpha value is -0.920. The van der Waals surface area contributed by atoms with E-state index in [1.165, 1.54) is 25.7 Å². The molecule has 1 saturated carbocycles. The molecule has 3 N–H and O–H groups in total. The highest BCUT2D eigenvalue weighted by molar-refractivity contribution is 14.0. The Labute approximate surface area is 125 Å². The standard InChI is InChI=1S/C12H19N5.HI/c13-12(17-10-3-1-2-4-10)16-6-5-11-9-14-7-8-15-11;/h7-10H,1-6H2,(H3,13,16,17);1H. The third-order valence-electron chi connectivity index (χ3n) is 2.97. The molecule has 1 aromatic heterocycles. The zero-order valence-electron chi connectivity index (χ0n) is 10.4. The van der Waals surface area contributed by atoms with Gasteiger partial charge in [-0.15, -0.1) is 24.0 Å². The molecule has 0 spiro atoms. The molecule has 6 heteroatoms. The molecule has 0 aromatic carbocycles. The Bertz CT molecular complexity index is 362. The van der Waals surface area contributed by atoms with Gasteiger partial charge in [0.1, 0.15) is 0 Å². The lowest BCUT2D eigenvalue weighted by molar-refractivity contribution is 0.625. The normalized spacial score (nSPS) is 16.3. The van der Waals surface area contributed by atoms with Crippen LogP contribution in [0.2, 0.25) is 0 Å². The van der Waals surface area contributed by atoms with E-state index in [0.29, 0.717) is 18.5 Å². The highest BCUT2D eigenvalue weighted by Crippen LogP contribution is 2.17. The first-order chi connectivity index (χ1) is 8.34. The number of nitrogens with two attached hydrogens (primary N) is 1. The van der Waals surface area contributed by atoms with Gasteiger partial charge in [-0.1, -0.05) is 12.8 Å². The first kappa shape index (κ1) is 15.1. The predicted molar refractivity (Wildman–Crippen MR) is 83.0 cm³/mol. The van der Waals surface area contributed by atoms with Crippen molar-refractivity contribution >= 4 is 29.9 Å². The smallest absolute Gasteiger partial charge is 0.188 e. The van der Waals surface area contributed by atoms with E-state index >= 15 is 0 Å². The number of aromatic nitrogens is 2. The second-order valence-corrected chi connectivity index (χ2v) is 4.34. The van der Waals surface area contributed by atoms with E-state index in [2.05, 4.69) is 20.3 Å². The number of nitrogens with zero attached hydrogens (tertiary/aromatic N) is 3. The van der Waals surface area contributed by atoms with E-state index in [1.54, 1.807) is 18.6 Å². The van der Waals surface area contributed by atoms with Crippen molar-refractivity contribution in [2.24, 2.45) is 10.7 Å². The van der Waals surface area contributed by atoms with E-state index in [1.807, 2.05) is 0 Å². The van der Waals surface area contributed by atoms with Gasteiger partial charge >= 0.3 is 0 Å². The van der Waals surface area contributed by atoms with Crippen LogP contribution in [-0.2, 0) is 6.42 Å². The molecule has 0 amide bonds. The number of aliphatic imine (C=N–C) groups is 1. The Morgan fingerprint density at radius 2 is 2.17 bits per heavy atom. The molecule has 5 nitrogen and oxygen atoms in total. The second kappa shape index (κ2) is 8.23. The Morgan fingerprint density at radius 1 is 1.39 bits per heavy atom. The Morgan fingerprint density at radius 3 is 2.83 bits per heavy atom. The van der Waals surface area contributed by atoms with Crippen LogP contribution in [0.3, 0.4) is 0 Å². The second-order valence-electron chi connectivity index (χ2n) is 4.34. The largest absolute Gasteiger partial charge is 0.370 e. The highest BCUT2D eigenvalue weighted by atomic mass is 127. The molecule has 0 bridgehead atoms. The minimum absolute atomic E-state index is 0. The number of hydrogen-bond donors (Lipinski definition) is 2. The predicted octanol–water partition coefficient (Wildman–Crippen LogP) is 1.48. The van der Waals surface area contributed by atoms with E-state index in [-0.39, 0.29) is 24.0 Å². The van der Waals surface area contributed by atoms with Crippen molar-refractivity contribution in [3.05, 3.63) is 24.3 Å². The average Bonchev–Trinajstić information content (AvgIpc) is 2.83. The SMILES string of the molecule is I.NC(=NCCc1cnccn1)NC1CCCC1. The quantitative estimate of drug-likeness (QED) is 0.484. The lowest BCUT2D eigenvalue weighted by atomic mass is 10.2. The van der Waals surface area contributed by atoms with Gasteiger partial charge in [0.25, 0.3) is 0 Å². The van der Waals surface area contributed by atoms with E-state index < -0.39 is 0 Å². The topological polar surface area (TPSA) is 76.2 Å². The van der Waals surface area contributed by atoms with Crippen molar-refractivity contribution in [2.45, 2.75) is 38.1 Å². The maximum Gasteiger partial charge on any atom is 0.188 e. The van der Waals surface area contributed by atoms with Crippen molar-refractivity contribution in [3.8, 4) is 0 Å². The van der Waals surface area contributed by atoms with Crippen LogP contribution < -0.4 is 11.1 Å². The number of nitrogens with one attached hydrogen (secondary N) is 1. The summed E-state index contributed by atoms with van der Waals surface area (Å²) in [4.78, 5) is 12.5. The van der Waals surface area contributed by atoms with Gasteiger partial charge in [0, 0.05) is 37.6 Å². The van der Waals surface area contributed by atoms with Crippen molar-refractivity contribution in [2.75, 3.05) is 6.54 Å². The molecular formula is C12H20IN5. The molecular weight excluding hydrogens is 341 g/mol. The zero-order valence-corrected chi connectivity index (χ0v) is 12.7. The van der Waals surface area contributed by atoms with Gasteiger partial charge in [0.15, 0.2) is 5.96 Å². The molecule has 0 aliphatic heterocycles. The maximum absolute atomic E-state index is 5.82. The Kier molecular flexibility index (Phi) is 6.92. The zero-order chi connectivity index (χ0) is 11.9. The van der Waals surface area contributed by atoms with Crippen LogP contribution in [0.4, 0.5) is 0 Å². The lowest BCUT2D eigenvalue weighted by Crippen LogP contribution is -2.38. The number of hydrogen-bond acceptors (Lipinski definition) is 3. The summed E-state index contributed by atoms with van der Waals surface area (Å²) in [6.07, 6.45) is 10.9. The van der Waals surface area contributed by atoms with Gasteiger partial charge in [-0.2, -0.15) is 0 Å². The molecule has 100 valence electrons. The van der Waals surface area contributed by atoms with Crippen LogP contribution in [0.1, 0.15) is 31.4 Å². The molecule has 0 saturated heterocycles. The fraction of sp³-hybridized carbons (Fsp3) is 0.583. The molecule has 18 heavy (non-hydrogen) atoms. The monoisotopic (exact) mass is 361 g/mol. The van der Waals surface area contributed by atoms with Crippen molar-refractivity contribution in [1.29, 1.82) is 0 Å². The molecule has 1 aliphatic rings. The van der Waals surface area contributed by atoms with E-state index in [0.717, 1.165) is 12.1 Å². The molecule has 0 atom stereocenters. The number of guanidine groups is 1. The first-order valence-electron chi connectivity index (χ1n) is 6.16. The maximum atomic E-state index is 5.82. The number of halogens is 1. The van der Waals surface area contributed by atoms with Gasteiger partial charge in [-0.25, -0.2) is 0 Å².